The van der Waals surface area contributed by atoms with Gasteiger partial charge in [-0.3, -0.25) is 9.59 Å². The second kappa shape index (κ2) is 8.81. The molecule has 9 heteroatoms. The maximum atomic E-state index is 12.7. The molecule has 1 saturated heterocycles. The van der Waals surface area contributed by atoms with E-state index in [4.69, 9.17) is 5.73 Å². The molecule has 2 heterocycles. The van der Waals surface area contributed by atoms with Crippen LogP contribution in [0.3, 0.4) is 0 Å². The van der Waals surface area contributed by atoms with E-state index in [2.05, 4.69) is 9.62 Å². The largest absolute Gasteiger partial charge is 0.369 e. The molecule has 0 aromatic heterocycles. The molecule has 3 rings (SSSR count). The van der Waals surface area contributed by atoms with Crippen LogP contribution in [0.2, 0.25) is 0 Å². The Labute approximate surface area is 172 Å². The third-order valence-electron chi connectivity index (χ3n) is 5.77. The standard InChI is InChI=1S/C20H30N4O4S/c1-14-11-17-12-18(6-7-19(17)24(14)15(2)25)29(27,28)22-8-4-10-23-9-3-5-16(13-23)20(21)26/h6-7,12,14,16,22H,3-5,8-11,13H2,1-2H3,(H2,21,26). The molecule has 2 atom stereocenters. The summed E-state index contributed by atoms with van der Waals surface area (Å²) in [6.45, 7) is 6.08. The van der Waals surface area contributed by atoms with Crippen LogP contribution in [-0.2, 0) is 26.0 Å². The number of rotatable bonds is 7. The monoisotopic (exact) mass is 422 g/mol. The van der Waals surface area contributed by atoms with Gasteiger partial charge in [0, 0.05) is 31.7 Å². The highest BCUT2D eigenvalue weighted by atomic mass is 32.2. The van der Waals surface area contributed by atoms with E-state index in [0.29, 0.717) is 25.9 Å². The number of likely N-dealkylation sites (tertiary alicyclic amines) is 1. The Morgan fingerprint density at radius 3 is 2.76 bits per heavy atom. The Hall–Kier alpha value is -1.97. The maximum absolute atomic E-state index is 12.7. The van der Waals surface area contributed by atoms with Gasteiger partial charge in [0.2, 0.25) is 21.8 Å². The number of hydrogen-bond acceptors (Lipinski definition) is 5. The van der Waals surface area contributed by atoms with Crippen molar-refractivity contribution in [2.45, 2.75) is 50.5 Å². The number of benzene rings is 1. The van der Waals surface area contributed by atoms with Gasteiger partial charge >= 0.3 is 0 Å². The number of anilines is 1. The van der Waals surface area contributed by atoms with Gasteiger partial charge in [0.25, 0.3) is 0 Å². The fourth-order valence-electron chi connectivity index (χ4n) is 4.34. The second-order valence-electron chi connectivity index (χ2n) is 8.03. The molecule has 0 radical (unpaired) electrons. The van der Waals surface area contributed by atoms with Gasteiger partial charge in [-0.25, -0.2) is 13.1 Å². The lowest BCUT2D eigenvalue weighted by Gasteiger charge is -2.31. The zero-order valence-electron chi connectivity index (χ0n) is 17.1. The molecule has 0 aliphatic carbocycles. The molecule has 3 N–H and O–H groups in total. The van der Waals surface area contributed by atoms with Crippen molar-refractivity contribution in [3.63, 3.8) is 0 Å². The molecule has 0 spiro atoms. The zero-order valence-corrected chi connectivity index (χ0v) is 17.9. The van der Waals surface area contributed by atoms with Gasteiger partial charge in [-0.15, -0.1) is 0 Å². The molecular weight excluding hydrogens is 392 g/mol. The van der Waals surface area contributed by atoms with Crippen LogP contribution in [0.25, 0.3) is 0 Å². The van der Waals surface area contributed by atoms with Crippen molar-refractivity contribution >= 4 is 27.5 Å². The highest BCUT2D eigenvalue weighted by Crippen LogP contribution is 2.33. The molecule has 29 heavy (non-hydrogen) atoms. The summed E-state index contributed by atoms with van der Waals surface area (Å²) in [5, 5.41) is 0. The molecule has 2 aliphatic rings. The fraction of sp³-hybridized carbons (Fsp3) is 0.600. The first-order valence-corrected chi connectivity index (χ1v) is 11.6. The van der Waals surface area contributed by atoms with E-state index < -0.39 is 10.0 Å². The Morgan fingerprint density at radius 1 is 1.31 bits per heavy atom. The molecule has 2 unspecified atom stereocenters. The molecule has 2 amide bonds. The van der Waals surface area contributed by atoms with Crippen LogP contribution in [-0.4, -0.2) is 57.4 Å². The predicted octanol–water partition coefficient (Wildman–Crippen LogP) is 0.850. The van der Waals surface area contributed by atoms with Crippen LogP contribution in [0.5, 0.6) is 0 Å². The number of primary amides is 1. The molecule has 1 aromatic rings. The van der Waals surface area contributed by atoms with Crippen molar-refractivity contribution in [3.05, 3.63) is 23.8 Å². The van der Waals surface area contributed by atoms with Crippen molar-refractivity contribution in [1.82, 2.24) is 9.62 Å². The number of nitrogens with one attached hydrogen (secondary N) is 1. The lowest BCUT2D eigenvalue weighted by Crippen LogP contribution is -2.42. The summed E-state index contributed by atoms with van der Waals surface area (Å²) in [7, 11) is -3.61. The summed E-state index contributed by atoms with van der Waals surface area (Å²) in [5.74, 6) is -0.408. The number of hydrogen-bond donors (Lipinski definition) is 2. The third-order valence-corrected chi connectivity index (χ3v) is 7.23. The number of carbonyl (C=O) groups is 2. The van der Waals surface area contributed by atoms with Crippen LogP contribution < -0.4 is 15.4 Å². The summed E-state index contributed by atoms with van der Waals surface area (Å²) >= 11 is 0. The van der Waals surface area contributed by atoms with Gasteiger partial charge in [0.1, 0.15) is 0 Å². The van der Waals surface area contributed by atoms with Gasteiger partial charge in [-0.05, 0) is 69.5 Å². The van der Waals surface area contributed by atoms with Crippen LogP contribution in [0, 0.1) is 5.92 Å². The molecular formula is C20H30N4O4S. The van der Waals surface area contributed by atoms with E-state index in [1.54, 1.807) is 23.1 Å². The minimum Gasteiger partial charge on any atom is -0.369 e. The Kier molecular flexibility index (Phi) is 6.60. The number of carbonyl (C=O) groups excluding carboxylic acids is 2. The average molecular weight is 423 g/mol. The Balaban J connectivity index is 1.55. The van der Waals surface area contributed by atoms with Gasteiger partial charge in [-0.1, -0.05) is 0 Å². The van der Waals surface area contributed by atoms with E-state index in [-0.39, 0.29) is 28.7 Å². The number of piperidine rings is 1. The zero-order chi connectivity index (χ0) is 21.2. The first-order valence-electron chi connectivity index (χ1n) is 10.1. The third kappa shape index (κ3) is 4.96. The molecule has 160 valence electrons. The molecule has 0 saturated carbocycles. The topological polar surface area (TPSA) is 113 Å². The number of amides is 2. The van der Waals surface area contributed by atoms with Crippen molar-refractivity contribution in [2.24, 2.45) is 11.7 Å². The number of sulfonamides is 1. The average Bonchev–Trinajstić information content (AvgIpc) is 3.00. The lowest BCUT2D eigenvalue weighted by molar-refractivity contribution is -0.123. The van der Waals surface area contributed by atoms with E-state index in [1.807, 2.05) is 6.92 Å². The smallest absolute Gasteiger partial charge is 0.240 e. The normalized spacial score (nSPS) is 22.5. The quantitative estimate of drug-likeness (QED) is 0.633. The maximum Gasteiger partial charge on any atom is 0.240 e. The molecule has 2 aliphatic heterocycles. The number of nitrogens with two attached hydrogens (primary N) is 1. The summed E-state index contributed by atoms with van der Waals surface area (Å²) < 4.78 is 28.0. The van der Waals surface area contributed by atoms with Crippen molar-refractivity contribution in [1.29, 1.82) is 0 Å². The highest BCUT2D eigenvalue weighted by Gasteiger charge is 2.30. The van der Waals surface area contributed by atoms with Gasteiger partial charge in [0.05, 0.1) is 10.8 Å². The van der Waals surface area contributed by atoms with Gasteiger partial charge < -0.3 is 15.5 Å². The lowest BCUT2D eigenvalue weighted by atomic mass is 9.97. The van der Waals surface area contributed by atoms with E-state index >= 15 is 0 Å². The van der Waals surface area contributed by atoms with Gasteiger partial charge in [0.15, 0.2) is 0 Å². The van der Waals surface area contributed by atoms with E-state index in [9.17, 15) is 18.0 Å². The molecule has 1 fully saturated rings. The summed E-state index contributed by atoms with van der Waals surface area (Å²) in [5.41, 5.74) is 7.07. The van der Waals surface area contributed by atoms with Crippen molar-refractivity contribution in [2.75, 3.05) is 31.1 Å². The Bertz CT molecular complexity index is 886. The van der Waals surface area contributed by atoms with Crippen molar-refractivity contribution in [3.8, 4) is 0 Å². The van der Waals surface area contributed by atoms with Crippen LogP contribution in [0.1, 0.15) is 38.7 Å². The van der Waals surface area contributed by atoms with Crippen molar-refractivity contribution < 1.29 is 18.0 Å². The number of nitrogens with zero attached hydrogens (tertiary/aromatic N) is 2. The summed E-state index contributed by atoms with van der Waals surface area (Å²) in [4.78, 5) is 27.3. The predicted molar refractivity (Wildman–Crippen MR) is 111 cm³/mol. The van der Waals surface area contributed by atoms with Gasteiger partial charge in [-0.2, -0.15) is 0 Å². The summed E-state index contributed by atoms with van der Waals surface area (Å²) in [6, 6.07) is 4.96. The van der Waals surface area contributed by atoms with Crippen LogP contribution >= 0.6 is 0 Å². The number of fused-ring (bicyclic) bond motifs is 1. The van der Waals surface area contributed by atoms with Crippen LogP contribution in [0.4, 0.5) is 5.69 Å². The first kappa shape index (κ1) is 21.7. The molecule has 0 bridgehead atoms. The highest BCUT2D eigenvalue weighted by molar-refractivity contribution is 7.89. The second-order valence-corrected chi connectivity index (χ2v) is 9.79. The minimum absolute atomic E-state index is 0.0298. The SMILES string of the molecule is CC(=O)N1c2ccc(S(=O)(=O)NCCCN3CCCC(C(N)=O)C3)cc2CC1C. The van der Waals surface area contributed by atoms with Crippen LogP contribution in [0.15, 0.2) is 23.1 Å². The first-order chi connectivity index (χ1) is 13.7. The Morgan fingerprint density at radius 2 is 2.07 bits per heavy atom. The van der Waals surface area contributed by atoms with E-state index in [0.717, 1.165) is 37.2 Å². The summed E-state index contributed by atoms with van der Waals surface area (Å²) in [6.07, 6.45) is 3.07. The van der Waals surface area contributed by atoms with E-state index in [1.165, 1.54) is 6.92 Å². The fourth-order valence-corrected chi connectivity index (χ4v) is 5.46. The minimum atomic E-state index is -3.61. The molecule has 1 aromatic carbocycles. The molecule has 8 nitrogen and oxygen atoms in total.